The first-order chi connectivity index (χ1) is 9.26. The quantitative estimate of drug-likeness (QED) is 0.755. The summed E-state index contributed by atoms with van der Waals surface area (Å²) in [6, 6.07) is 11.7. The van der Waals surface area contributed by atoms with Crippen molar-refractivity contribution in [1.29, 1.82) is 0 Å². The summed E-state index contributed by atoms with van der Waals surface area (Å²) in [6.07, 6.45) is 6.93. The van der Waals surface area contributed by atoms with Gasteiger partial charge in [0.05, 0.1) is 0 Å². The largest absolute Gasteiger partial charge is 0.316 e. The lowest BCUT2D eigenvalue weighted by molar-refractivity contribution is 0.228. The molecular formula is C18H29N. The number of likely N-dealkylation sites (N-methyl/N-ethyl adjacent to an activating group) is 1. The number of benzene rings is 1. The summed E-state index contributed by atoms with van der Waals surface area (Å²) in [7, 11) is 2.14. The molecular weight excluding hydrogens is 230 g/mol. The molecule has 1 aliphatic carbocycles. The molecule has 1 fully saturated rings. The zero-order chi connectivity index (χ0) is 13.7. The van der Waals surface area contributed by atoms with Crippen molar-refractivity contribution in [2.45, 2.75) is 57.9 Å². The second kappa shape index (κ2) is 7.09. The monoisotopic (exact) mass is 259 g/mol. The van der Waals surface area contributed by atoms with E-state index in [0.29, 0.717) is 12.0 Å². The zero-order valence-electron chi connectivity index (χ0n) is 12.7. The molecule has 106 valence electrons. The third-order valence-electron chi connectivity index (χ3n) is 5.06. The molecule has 1 aliphatic rings. The van der Waals surface area contributed by atoms with Gasteiger partial charge in [-0.25, -0.2) is 0 Å². The van der Waals surface area contributed by atoms with Crippen molar-refractivity contribution >= 4 is 0 Å². The SMILES string of the molecule is CCC(C)C(c1ccccc1)C(CC1CCC1)NC. The van der Waals surface area contributed by atoms with E-state index in [2.05, 4.69) is 56.5 Å². The first kappa shape index (κ1) is 14.6. The molecule has 0 amide bonds. The molecule has 0 bridgehead atoms. The fourth-order valence-corrected chi connectivity index (χ4v) is 3.42. The predicted molar refractivity (Wildman–Crippen MR) is 83.4 cm³/mol. The van der Waals surface area contributed by atoms with E-state index in [9.17, 15) is 0 Å². The Balaban J connectivity index is 2.14. The van der Waals surface area contributed by atoms with Crippen molar-refractivity contribution in [3.05, 3.63) is 35.9 Å². The highest BCUT2D eigenvalue weighted by Gasteiger charge is 2.30. The van der Waals surface area contributed by atoms with Crippen molar-refractivity contribution in [2.24, 2.45) is 11.8 Å². The molecule has 0 spiro atoms. The summed E-state index contributed by atoms with van der Waals surface area (Å²) < 4.78 is 0. The molecule has 0 aromatic heterocycles. The van der Waals surface area contributed by atoms with Gasteiger partial charge in [0.15, 0.2) is 0 Å². The van der Waals surface area contributed by atoms with Crippen LogP contribution in [0.4, 0.5) is 0 Å². The second-order valence-electron chi connectivity index (χ2n) is 6.25. The molecule has 2 rings (SSSR count). The van der Waals surface area contributed by atoms with Gasteiger partial charge in [-0.15, -0.1) is 0 Å². The third kappa shape index (κ3) is 3.60. The average Bonchev–Trinajstić information content (AvgIpc) is 2.41. The minimum atomic E-state index is 0.627. The highest BCUT2D eigenvalue weighted by atomic mass is 14.9. The molecule has 19 heavy (non-hydrogen) atoms. The number of hydrogen-bond acceptors (Lipinski definition) is 1. The number of rotatable bonds is 7. The maximum atomic E-state index is 3.61. The molecule has 1 nitrogen and oxygen atoms in total. The Bertz CT molecular complexity index is 355. The molecule has 3 atom stereocenters. The fourth-order valence-electron chi connectivity index (χ4n) is 3.42. The highest BCUT2D eigenvalue weighted by molar-refractivity contribution is 5.22. The van der Waals surface area contributed by atoms with E-state index in [1.807, 2.05) is 0 Å². The van der Waals surface area contributed by atoms with Crippen LogP contribution in [-0.4, -0.2) is 13.1 Å². The summed E-state index contributed by atoms with van der Waals surface area (Å²) in [5.41, 5.74) is 1.51. The fraction of sp³-hybridized carbons (Fsp3) is 0.667. The van der Waals surface area contributed by atoms with Crippen LogP contribution < -0.4 is 5.32 Å². The highest BCUT2D eigenvalue weighted by Crippen LogP contribution is 2.37. The minimum absolute atomic E-state index is 0.627. The van der Waals surface area contributed by atoms with Gasteiger partial charge in [0.25, 0.3) is 0 Å². The van der Waals surface area contributed by atoms with Crippen LogP contribution in [0.3, 0.4) is 0 Å². The molecule has 0 radical (unpaired) electrons. The van der Waals surface area contributed by atoms with E-state index in [0.717, 1.165) is 11.8 Å². The summed E-state index contributed by atoms with van der Waals surface area (Å²) in [6.45, 7) is 4.72. The van der Waals surface area contributed by atoms with Crippen LogP contribution in [0.15, 0.2) is 30.3 Å². The molecule has 1 heteroatoms. The number of nitrogens with one attached hydrogen (secondary N) is 1. The lowest BCUT2D eigenvalue weighted by Crippen LogP contribution is -2.38. The molecule has 1 N–H and O–H groups in total. The molecule has 1 saturated carbocycles. The maximum Gasteiger partial charge on any atom is 0.0138 e. The van der Waals surface area contributed by atoms with Crippen LogP contribution in [0.2, 0.25) is 0 Å². The molecule has 1 aromatic carbocycles. The van der Waals surface area contributed by atoms with E-state index in [-0.39, 0.29) is 0 Å². The molecule has 0 saturated heterocycles. The van der Waals surface area contributed by atoms with Crippen LogP contribution in [0.5, 0.6) is 0 Å². The van der Waals surface area contributed by atoms with Crippen LogP contribution in [0.25, 0.3) is 0 Å². The first-order valence-electron chi connectivity index (χ1n) is 7.98. The Morgan fingerprint density at radius 2 is 1.89 bits per heavy atom. The van der Waals surface area contributed by atoms with Crippen molar-refractivity contribution < 1.29 is 0 Å². The van der Waals surface area contributed by atoms with E-state index in [1.54, 1.807) is 0 Å². The number of hydrogen-bond donors (Lipinski definition) is 1. The Morgan fingerprint density at radius 1 is 1.21 bits per heavy atom. The molecule has 1 aromatic rings. The van der Waals surface area contributed by atoms with Crippen molar-refractivity contribution in [1.82, 2.24) is 5.32 Å². The van der Waals surface area contributed by atoms with Gasteiger partial charge in [-0.05, 0) is 30.9 Å². The Hall–Kier alpha value is -0.820. The first-order valence-corrected chi connectivity index (χ1v) is 7.98. The van der Waals surface area contributed by atoms with Gasteiger partial charge in [0, 0.05) is 12.0 Å². The van der Waals surface area contributed by atoms with E-state index in [4.69, 9.17) is 0 Å². The van der Waals surface area contributed by atoms with Crippen LogP contribution in [-0.2, 0) is 0 Å². The van der Waals surface area contributed by atoms with Gasteiger partial charge in [0.2, 0.25) is 0 Å². The van der Waals surface area contributed by atoms with Gasteiger partial charge in [-0.1, -0.05) is 69.9 Å². The second-order valence-corrected chi connectivity index (χ2v) is 6.25. The van der Waals surface area contributed by atoms with Crippen molar-refractivity contribution in [3.63, 3.8) is 0 Å². The molecule has 3 unspecified atom stereocenters. The van der Waals surface area contributed by atoms with Gasteiger partial charge in [-0.3, -0.25) is 0 Å². The standard InChI is InChI=1S/C18H29N/c1-4-14(2)18(16-11-6-5-7-12-16)17(19-3)13-15-9-8-10-15/h5-7,11-12,14-15,17-19H,4,8-10,13H2,1-3H3. The van der Waals surface area contributed by atoms with Gasteiger partial charge in [0.1, 0.15) is 0 Å². The lowest BCUT2D eigenvalue weighted by Gasteiger charge is -2.36. The van der Waals surface area contributed by atoms with E-state index in [1.165, 1.54) is 37.7 Å². The topological polar surface area (TPSA) is 12.0 Å². The zero-order valence-corrected chi connectivity index (χ0v) is 12.7. The minimum Gasteiger partial charge on any atom is -0.316 e. The smallest absolute Gasteiger partial charge is 0.0138 e. The predicted octanol–water partition coefficient (Wildman–Crippen LogP) is 4.59. The summed E-state index contributed by atoms with van der Waals surface area (Å²) >= 11 is 0. The van der Waals surface area contributed by atoms with Crippen molar-refractivity contribution in [2.75, 3.05) is 7.05 Å². The van der Waals surface area contributed by atoms with Crippen molar-refractivity contribution in [3.8, 4) is 0 Å². The van der Waals surface area contributed by atoms with Crippen LogP contribution in [0, 0.1) is 11.8 Å². The lowest BCUT2D eigenvalue weighted by atomic mass is 9.73. The average molecular weight is 259 g/mol. The normalized spacial score (nSPS) is 20.6. The van der Waals surface area contributed by atoms with Crippen LogP contribution in [0.1, 0.15) is 57.4 Å². The Morgan fingerprint density at radius 3 is 2.37 bits per heavy atom. The van der Waals surface area contributed by atoms with Gasteiger partial charge in [-0.2, -0.15) is 0 Å². The van der Waals surface area contributed by atoms with E-state index >= 15 is 0 Å². The van der Waals surface area contributed by atoms with Crippen LogP contribution >= 0.6 is 0 Å². The van der Waals surface area contributed by atoms with Gasteiger partial charge >= 0.3 is 0 Å². The maximum absolute atomic E-state index is 3.61. The molecule has 0 aliphatic heterocycles. The summed E-state index contributed by atoms with van der Waals surface area (Å²) in [4.78, 5) is 0. The summed E-state index contributed by atoms with van der Waals surface area (Å²) in [5.74, 6) is 2.35. The van der Waals surface area contributed by atoms with Gasteiger partial charge < -0.3 is 5.32 Å². The summed E-state index contributed by atoms with van der Waals surface area (Å²) in [5, 5.41) is 3.61. The van der Waals surface area contributed by atoms with E-state index < -0.39 is 0 Å². The Kier molecular flexibility index (Phi) is 5.45. The third-order valence-corrected chi connectivity index (χ3v) is 5.06. The molecule has 0 heterocycles. The Labute approximate surface area is 118 Å².